The van der Waals surface area contributed by atoms with Crippen LogP contribution in [0.25, 0.3) is 0 Å². The summed E-state index contributed by atoms with van der Waals surface area (Å²) in [6.45, 7) is 0. The van der Waals surface area contributed by atoms with E-state index in [0.29, 0.717) is 40.5 Å². The molecule has 4 aromatic rings. The fourth-order valence-electron chi connectivity index (χ4n) is 4.96. The lowest BCUT2D eigenvalue weighted by Gasteiger charge is -2.25. The Bertz CT molecular complexity index is 1840. The molecule has 0 radical (unpaired) electrons. The summed E-state index contributed by atoms with van der Waals surface area (Å²) in [6, 6.07) is 17.5. The van der Waals surface area contributed by atoms with Crippen molar-refractivity contribution in [1.82, 2.24) is 4.98 Å². The smallest absolute Gasteiger partial charge is 0.303 e. The molecule has 226 valence electrons. The van der Waals surface area contributed by atoms with E-state index in [4.69, 9.17) is 21.4 Å². The maximum atomic E-state index is 13.7. The molecule has 1 aliphatic rings. The molecule has 0 saturated carbocycles. The minimum atomic E-state index is -4.05. The SMILES string of the molecule is COc1ccc(C2C(C(=O)c3ccc(Cl)cc3)C(=O)C(=O)N2c2ncc(S(=O)(=O)c3ccc(CCCC(=O)O)cc3)s2)cc1. The number of carbonyl (C=O) groups is 4. The Labute approximate surface area is 261 Å². The number of sulfone groups is 1. The molecule has 1 fully saturated rings. The minimum absolute atomic E-state index is 0.00505. The predicted octanol–water partition coefficient (Wildman–Crippen LogP) is 5.20. The number of aliphatic carboxylic acids is 1. The van der Waals surface area contributed by atoms with E-state index in [2.05, 4.69) is 4.98 Å². The molecule has 13 heteroatoms. The molecule has 1 saturated heterocycles. The molecule has 1 aromatic heterocycles. The van der Waals surface area contributed by atoms with Crippen LogP contribution in [0.1, 0.15) is 40.4 Å². The van der Waals surface area contributed by atoms with Crippen LogP contribution in [0.15, 0.2) is 88.1 Å². The van der Waals surface area contributed by atoms with Crippen LogP contribution < -0.4 is 9.64 Å². The first-order valence-electron chi connectivity index (χ1n) is 13.3. The zero-order chi connectivity index (χ0) is 31.6. The quantitative estimate of drug-likeness (QED) is 0.131. The zero-order valence-electron chi connectivity index (χ0n) is 23.2. The van der Waals surface area contributed by atoms with Crippen molar-refractivity contribution >= 4 is 61.3 Å². The molecule has 2 unspecified atom stereocenters. The average Bonchev–Trinajstić information content (AvgIpc) is 3.61. The summed E-state index contributed by atoms with van der Waals surface area (Å²) >= 11 is 6.69. The van der Waals surface area contributed by atoms with Gasteiger partial charge in [-0.1, -0.05) is 47.2 Å². The number of nitrogens with zero attached hydrogens (tertiary/aromatic N) is 2. The second-order valence-electron chi connectivity index (χ2n) is 9.96. The molecule has 2 atom stereocenters. The maximum absolute atomic E-state index is 13.7. The van der Waals surface area contributed by atoms with Gasteiger partial charge in [0.1, 0.15) is 15.9 Å². The van der Waals surface area contributed by atoms with Crippen LogP contribution in [-0.2, 0) is 30.6 Å². The summed E-state index contributed by atoms with van der Waals surface area (Å²) in [7, 11) is -2.57. The lowest BCUT2D eigenvalue weighted by Crippen LogP contribution is -2.30. The van der Waals surface area contributed by atoms with Crippen LogP contribution in [0.2, 0.25) is 5.02 Å². The van der Waals surface area contributed by atoms with Crippen molar-refractivity contribution in [3.8, 4) is 5.75 Å². The average molecular weight is 653 g/mol. The summed E-state index contributed by atoms with van der Waals surface area (Å²) in [5, 5.41) is 9.17. The van der Waals surface area contributed by atoms with Gasteiger partial charge in [0.2, 0.25) is 15.6 Å². The number of anilines is 1. The molecule has 0 bridgehead atoms. The molecular weight excluding hydrogens is 628 g/mol. The van der Waals surface area contributed by atoms with Gasteiger partial charge >= 0.3 is 5.97 Å². The molecule has 2 heterocycles. The van der Waals surface area contributed by atoms with Crippen LogP contribution in [0.5, 0.6) is 5.75 Å². The number of carboxylic acids is 1. The predicted molar refractivity (Wildman–Crippen MR) is 162 cm³/mol. The Hall–Kier alpha value is -4.39. The Morgan fingerprint density at radius 3 is 2.27 bits per heavy atom. The third-order valence-corrected chi connectivity index (χ3v) is 10.7. The second-order valence-corrected chi connectivity index (χ2v) is 13.6. The third-order valence-electron chi connectivity index (χ3n) is 7.21. The van der Waals surface area contributed by atoms with Gasteiger partial charge in [-0.3, -0.25) is 24.1 Å². The Morgan fingerprint density at radius 2 is 1.66 bits per heavy atom. The second kappa shape index (κ2) is 12.7. The van der Waals surface area contributed by atoms with E-state index < -0.39 is 45.2 Å². The van der Waals surface area contributed by atoms with Gasteiger partial charge in [-0.2, -0.15) is 0 Å². The number of methoxy groups -OCH3 is 1. The minimum Gasteiger partial charge on any atom is -0.497 e. The molecule has 44 heavy (non-hydrogen) atoms. The van der Waals surface area contributed by atoms with Gasteiger partial charge in [0.15, 0.2) is 10.9 Å². The van der Waals surface area contributed by atoms with E-state index in [-0.39, 0.29) is 26.2 Å². The van der Waals surface area contributed by atoms with Gasteiger partial charge in [-0.15, -0.1) is 0 Å². The van der Waals surface area contributed by atoms with Crippen molar-refractivity contribution in [1.29, 1.82) is 0 Å². The number of hydrogen-bond donors (Lipinski definition) is 1. The van der Waals surface area contributed by atoms with Crippen molar-refractivity contribution in [3.05, 3.63) is 101 Å². The number of carbonyl (C=O) groups excluding carboxylic acids is 3. The van der Waals surface area contributed by atoms with E-state index >= 15 is 0 Å². The normalized spacial score (nSPS) is 16.7. The van der Waals surface area contributed by atoms with Crippen LogP contribution in [0.4, 0.5) is 5.13 Å². The largest absolute Gasteiger partial charge is 0.497 e. The highest BCUT2D eigenvalue weighted by Gasteiger charge is 2.53. The van der Waals surface area contributed by atoms with Crippen molar-refractivity contribution in [2.24, 2.45) is 5.92 Å². The molecule has 1 amide bonds. The molecule has 5 rings (SSSR count). The number of amides is 1. The molecule has 1 aliphatic heterocycles. The fraction of sp³-hybridized carbons (Fsp3) is 0.194. The first kappa shape index (κ1) is 31.0. The zero-order valence-corrected chi connectivity index (χ0v) is 25.6. The van der Waals surface area contributed by atoms with Gasteiger partial charge in [0.05, 0.1) is 24.2 Å². The van der Waals surface area contributed by atoms with Gasteiger partial charge < -0.3 is 9.84 Å². The number of benzene rings is 3. The van der Waals surface area contributed by atoms with E-state index in [1.807, 2.05) is 0 Å². The number of ether oxygens (including phenoxy) is 1. The first-order chi connectivity index (χ1) is 21.0. The van der Waals surface area contributed by atoms with Gasteiger partial charge in [-0.05, 0) is 72.5 Å². The maximum Gasteiger partial charge on any atom is 0.303 e. The molecule has 0 aliphatic carbocycles. The van der Waals surface area contributed by atoms with E-state index in [1.54, 1.807) is 36.4 Å². The Morgan fingerprint density at radius 1 is 1.00 bits per heavy atom. The Kier molecular flexibility index (Phi) is 8.95. The summed E-state index contributed by atoms with van der Waals surface area (Å²) in [5.74, 6) is -4.32. The summed E-state index contributed by atoms with van der Waals surface area (Å²) in [6.07, 6.45) is 2.02. The van der Waals surface area contributed by atoms with Crippen molar-refractivity contribution < 1.29 is 37.4 Å². The summed E-state index contributed by atoms with van der Waals surface area (Å²) < 4.78 is 32.0. The van der Waals surface area contributed by atoms with Crippen LogP contribution in [0.3, 0.4) is 0 Å². The summed E-state index contributed by atoms with van der Waals surface area (Å²) in [4.78, 5) is 56.6. The molecule has 1 N–H and O–H groups in total. The lowest BCUT2D eigenvalue weighted by atomic mass is 9.86. The number of thiazole rings is 1. The number of aryl methyl sites for hydroxylation is 1. The number of Topliss-reactive ketones (excluding diaryl/α,β-unsaturated/α-hetero) is 2. The van der Waals surface area contributed by atoms with Crippen molar-refractivity contribution in [3.63, 3.8) is 0 Å². The topological polar surface area (TPSA) is 148 Å². The number of carboxylic acid groups (broad SMARTS) is 1. The molecule has 0 spiro atoms. The van der Waals surface area contributed by atoms with Crippen LogP contribution >= 0.6 is 22.9 Å². The lowest BCUT2D eigenvalue weighted by molar-refractivity contribution is -0.137. The number of hydrogen-bond acceptors (Lipinski definition) is 9. The highest BCUT2D eigenvalue weighted by Crippen LogP contribution is 2.44. The van der Waals surface area contributed by atoms with E-state index in [0.717, 1.165) is 16.7 Å². The van der Waals surface area contributed by atoms with Crippen LogP contribution in [-0.4, -0.2) is 49.1 Å². The van der Waals surface area contributed by atoms with E-state index in [9.17, 15) is 27.6 Å². The Balaban J connectivity index is 1.49. The number of rotatable bonds is 11. The molecule has 10 nitrogen and oxygen atoms in total. The fourth-order valence-corrected chi connectivity index (χ4v) is 7.64. The van der Waals surface area contributed by atoms with Crippen LogP contribution in [0, 0.1) is 5.92 Å². The number of aromatic nitrogens is 1. The van der Waals surface area contributed by atoms with Gasteiger partial charge in [-0.25, -0.2) is 13.4 Å². The standard InChI is InChI=1S/C31H25ClN2O8S2/c1-42-22-13-9-19(10-14-22)27-26(28(37)20-7-11-21(32)12-8-20)29(38)30(39)34(27)31-33-17-25(43-31)44(40,41)23-15-5-18(6-16-23)3-2-4-24(35)36/h5-17,26-27H,2-4H2,1H3,(H,35,36). The van der Waals surface area contributed by atoms with Gasteiger partial charge in [0, 0.05) is 17.0 Å². The molecule has 3 aromatic carbocycles. The first-order valence-corrected chi connectivity index (χ1v) is 16.0. The molecular formula is C31H25ClN2O8S2. The number of ketones is 2. The van der Waals surface area contributed by atoms with Gasteiger partial charge in [0.25, 0.3) is 5.91 Å². The third kappa shape index (κ3) is 6.14. The summed E-state index contributed by atoms with van der Waals surface area (Å²) in [5.41, 5.74) is 1.43. The highest BCUT2D eigenvalue weighted by molar-refractivity contribution is 7.93. The number of halogens is 1. The van der Waals surface area contributed by atoms with E-state index in [1.165, 1.54) is 43.5 Å². The highest BCUT2D eigenvalue weighted by atomic mass is 35.5. The van der Waals surface area contributed by atoms with Crippen molar-refractivity contribution in [2.75, 3.05) is 12.0 Å². The van der Waals surface area contributed by atoms with Crippen molar-refractivity contribution in [2.45, 2.75) is 34.4 Å². The monoisotopic (exact) mass is 652 g/mol.